The second kappa shape index (κ2) is 12.4. The van der Waals surface area contributed by atoms with Crippen LogP contribution in [-0.4, -0.2) is 15.0 Å². The standard InChI is InChI=1S/C53H31N3O/c1-2-12-32(13-3-1)39-30-45-42-22-10-21-41(48(42)44-24-11-25-46-49(44)50(45)47(31-39)57-46)36-18-8-19-37(29-36)51-54-52(38-27-26-33-14-4-5-16-35(33)28-38)56-53(55-51)43-23-9-17-34-15-6-7-20-40(34)43/h1-31H. The van der Waals surface area contributed by atoms with Crippen molar-refractivity contribution >= 4 is 65.0 Å². The number of rotatable bonds is 5. The fourth-order valence-electron chi connectivity index (χ4n) is 8.80. The molecule has 0 saturated carbocycles. The molecule has 0 amide bonds. The minimum absolute atomic E-state index is 0.624. The Hall–Kier alpha value is -7.69. The van der Waals surface area contributed by atoms with Gasteiger partial charge in [-0.15, -0.1) is 0 Å². The Morgan fingerprint density at radius 2 is 0.895 bits per heavy atom. The predicted octanol–water partition coefficient (Wildman–Crippen LogP) is 14.2. The van der Waals surface area contributed by atoms with Gasteiger partial charge in [0.25, 0.3) is 0 Å². The maximum Gasteiger partial charge on any atom is 0.164 e. The highest BCUT2D eigenvalue weighted by Crippen LogP contribution is 2.47. The molecule has 0 fully saturated rings. The summed E-state index contributed by atoms with van der Waals surface area (Å²) >= 11 is 0. The summed E-state index contributed by atoms with van der Waals surface area (Å²) in [4.78, 5) is 15.6. The van der Waals surface area contributed by atoms with E-state index in [-0.39, 0.29) is 0 Å². The number of furan rings is 1. The first kappa shape index (κ1) is 31.6. The number of hydrogen-bond acceptors (Lipinski definition) is 4. The molecule has 0 unspecified atom stereocenters. The van der Waals surface area contributed by atoms with Gasteiger partial charge in [-0.25, -0.2) is 15.0 Å². The third-order valence-electron chi connectivity index (χ3n) is 11.4. The van der Waals surface area contributed by atoms with Crippen LogP contribution in [0.25, 0.3) is 121 Å². The van der Waals surface area contributed by atoms with Crippen LogP contribution in [0.3, 0.4) is 0 Å². The quantitative estimate of drug-likeness (QED) is 0.166. The van der Waals surface area contributed by atoms with Crippen LogP contribution in [0.2, 0.25) is 0 Å². The van der Waals surface area contributed by atoms with Crippen molar-refractivity contribution in [1.29, 1.82) is 0 Å². The zero-order chi connectivity index (χ0) is 37.5. The van der Waals surface area contributed by atoms with Crippen LogP contribution in [-0.2, 0) is 0 Å². The maximum absolute atomic E-state index is 6.59. The number of fused-ring (bicyclic) bond motifs is 5. The molecule has 0 bridgehead atoms. The lowest BCUT2D eigenvalue weighted by Crippen LogP contribution is -2.00. The largest absolute Gasteiger partial charge is 0.456 e. The fraction of sp³-hybridized carbons (Fsp3) is 0. The molecule has 0 radical (unpaired) electrons. The van der Waals surface area contributed by atoms with Gasteiger partial charge in [0.15, 0.2) is 17.5 Å². The lowest BCUT2D eigenvalue weighted by molar-refractivity contribution is 0.669. The Kier molecular flexibility index (Phi) is 6.89. The number of hydrogen-bond donors (Lipinski definition) is 0. The molecule has 12 aromatic rings. The molecule has 0 spiro atoms. The summed E-state index contributed by atoms with van der Waals surface area (Å²) in [5.74, 6) is 1.90. The van der Waals surface area contributed by atoms with Crippen molar-refractivity contribution < 1.29 is 4.42 Å². The molecule has 4 heteroatoms. The highest BCUT2D eigenvalue weighted by Gasteiger charge is 2.21. The Morgan fingerprint density at radius 3 is 1.79 bits per heavy atom. The van der Waals surface area contributed by atoms with E-state index < -0.39 is 0 Å². The molecule has 57 heavy (non-hydrogen) atoms. The number of aromatic nitrogens is 3. The van der Waals surface area contributed by atoms with Crippen LogP contribution in [0.1, 0.15) is 0 Å². The van der Waals surface area contributed by atoms with E-state index >= 15 is 0 Å². The van der Waals surface area contributed by atoms with Crippen LogP contribution in [0.5, 0.6) is 0 Å². The van der Waals surface area contributed by atoms with Gasteiger partial charge < -0.3 is 4.42 Å². The third-order valence-corrected chi connectivity index (χ3v) is 11.4. The third kappa shape index (κ3) is 5.04. The molecule has 12 rings (SSSR count). The van der Waals surface area contributed by atoms with Crippen molar-refractivity contribution in [1.82, 2.24) is 15.0 Å². The Bertz CT molecular complexity index is 3530. The molecule has 264 valence electrons. The minimum Gasteiger partial charge on any atom is -0.456 e. The molecule has 2 aromatic heterocycles. The molecule has 0 aliphatic carbocycles. The maximum atomic E-state index is 6.59. The number of nitrogens with zero attached hydrogens (tertiary/aromatic N) is 3. The van der Waals surface area contributed by atoms with Gasteiger partial charge in [0.05, 0.1) is 0 Å². The van der Waals surface area contributed by atoms with E-state index in [1.165, 1.54) is 32.3 Å². The van der Waals surface area contributed by atoms with E-state index in [0.717, 1.165) is 71.7 Å². The van der Waals surface area contributed by atoms with Crippen LogP contribution in [0.15, 0.2) is 192 Å². The van der Waals surface area contributed by atoms with E-state index in [1.54, 1.807) is 0 Å². The molecule has 0 saturated heterocycles. The molecule has 0 atom stereocenters. The van der Waals surface area contributed by atoms with Gasteiger partial charge in [0.2, 0.25) is 0 Å². The smallest absolute Gasteiger partial charge is 0.164 e. The summed E-state index contributed by atoms with van der Waals surface area (Å²) < 4.78 is 6.59. The first-order valence-electron chi connectivity index (χ1n) is 19.3. The van der Waals surface area contributed by atoms with Crippen molar-refractivity contribution in [2.75, 3.05) is 0 Å². The van der Waals surface area contributed by atoms with E-state index in [0.29, 0.717) is 17.5 Å². The molecule has 0 N–H and O–H groups in total. The van der Waals surface area contributed by atoms with Crippen LogP contribution in [0, 0.1) is 0 Å². The van der Waals surface area contributed by atoms with Crippen molar-refractivity contribution in [2.45, 2.75) is 0 Å². The second-order valence-electron chi connectivity index (χ2n) is 14.7. The van der Waals surface area contributed by atoms with Crippen molar-refractivity contribution in [3.63, 3.8) is 0 Å². The lowest BCUT2D eigenvalue weighted by atomic mass is 9.88. The summed E-state index contributed by atoms with van der Waals surface area (Å²) in [6, 6.07) is 66.3. The normalized spacial score (nSPS) is 11.9. The Balaban J connectivity index is 1.08. The average Bonchev–Trinajstić information content (AvgIpc) is 3.67. The van der Waals surface area contributed by atoms with E-state index in [2.05, 4.69) is 188 Å². The fourth-order valence-corrected chi connectivity index (χ4v) is 8.80. The SMILES string of the molecule is c1ccc(-c2cc3oc4cccc5c6c(-c7cccc(-c8nc(-c9ccc%10ccccc%10c9)nc(-c9cccc%10ccccc9%10)n8)c7)cccc6c(c2)c3c45)cc1. The number of benzene rings is 10. The van der Waals surface area contributed by atoms with E-state index in [4.69, 9.17) is 19.4 Å². The highest BCUT2D eigenvalue weighted by molar-refractivity contribution is 6.35. The zero-order valence-electron chi connectivity index (χ0n) is 30.6. The van der Waals surface area contributed by atoms with Crippen LogP contribution < -0.4 is 0 Å². The summed E-state index contributed by atoms with van der Waals surface area (Å²) in [7, 11) is 0. The topological polar surface area (TPSA) is 51.8 Å². The van der Waals surface area contributed by atoms with Crippen molar-refractivity contribution in [3.8, 4) is 56.4 Å². The lowest BCUT2D eigenvalue weighted by Gasteiger charge is -2.15. The van der Waals surface area contributed by atoms with Gasteiger partial charge in [-0.05, 0) is 95.7 Å². The molecule has 0 aliphatic heterocycles. The molecular weight excluding hydrogens is 695 g/mol. The first-order chi connectivity index (χ1) is 28.2. The molecule has 10 aromatic carbocycles. The van der Waals surface area contributed by atoms with Gasteiger partial charge >= 0.3 is 0 Å². The zero-order valence-corrected chi connectivity index (χ0v) is 30.6. The van der Waals surface area contributed by atoms with Crippen molar-refractivity contribution in [3.05, 3.63) is 188 Å². The summed E-state index contributed by atoms with van der Waals surface area (Å²) in [5.41, 5.74) is 9.17. The second-order valence-corrected chi connectivity index (χ2v) is 14.7. The van der Waals surface area contributed by atoms with Gasteiger partial charge in [0.1, 0.15) is 11.2 Å². The average molecular weight is 726 g/mol. The van der Waals surface area contributed by atoms with Gasteiger partial charge in [-0.2, -0.15) is 0 Å². The van der Waals surface area contributed by atoms with Gasteiger partial charge in [0, 0.05) is 27.5 Å². The minimum atomic E-state index is 0.624. The molecular formula is C53H31N3O. The van der Waals surface area contributed by atoms with E-state index in [1.807, 2.05) is 0 Å². The molecule has 4 nitrogen and oxygen atoms in total. The Labute approximate surface area is 327 Å². The molecule has 2 heterocycles. The van der Waals surface area contributed by atoms with Crippen LogP contribution >= 0.6 is 0 Å². The predicted molar refractivity (Wildman–Crippen MR) is 235 cm³/mol. The summed E-state index contributed by atoms with van der Waals surface area (Å²) in [6.45, 7) is 0. The van der Waals surface area contributed by atoms with Crippen LogP contribution in [0.4, 0.5) is 0 Å². The monoisotopic (exact) mass is 725 g/mol. The first-order valence-corrected chi connectivity index (χ1v) is 19.3. The van der Waals surface area contributed by atoms with Gasteiger partial charge in [-0.3, -0.25) is 0 Å². The van der Waals surface area contributed by atoms with E-state index in [9.17, 15) is 0 Å². The summed E-state index contributed by atoms with van der Waals surface area (Å²) in [6.07, 6.45) is 0. The van der Waals surface area contributed by atoms with Crippen molar-refractivity contribution in [2.24, 2.45) is 0 Å². The van der Waals surface area contributed by atoms with Gasteiger partial charge in [-0.1, -0.05) is 158 Å². The summed E-state index contributed by atoms with van der Waals surface area (Å²) in [5, 5.41) is 11.7. The molecule has 0 aliphatic rings. The highest BCUT2D eigenvalue weighted by atomic mass is 16.3. The Morgan fingerprint density at radius 1 is 0.281 bits per heavy atom.